The van der Waals surface area contributed by atoms with E-state index in [1.165, 1.54) is 50.1 Å². The Hall–Kier alpha value is -3.12. The van der Waals surface area contributed by atoms with Gasteiger partial charge in [-0.1, -0.05) is 110 Å². The van der Waals surface area contributed by atoms with Crippen LogP contribution in [-0.2, 0) is 10.8 Å². The van der Waals surface area contributed by atoms with Crippen molar-refractivity contribution < 1.29 is 0 Å². The molecule has 6 rings (SSSR count). The van der Waals surface area contributed by atoms with Gasteiger partial charge in [0.25, 0.3) is 0 Å². The van der Waals surface area contributed by atoms with Gasteiger partial charge in [-0.05, 0) is 51.4 Å². The van der Waals surface area contributed by atoms with Crippen molar-refractivity contribution in [1.29, 1.82) is 0 Å². The average Bonchev–Trinajstić information content (AvgIpc) is 3.03. The van der Waals surface area contributed by atoms with E-state index in [9.17, 15) is 0 Å². The summed E-state index contributed by atoms with van der Waals surface area (Å²) in [5.74, 6) is 0. The summed E-state index contributed by atoms with van der Waals surface area (Å²) in [7, 11) is 0. The van der Waals surface area contributed by atoms with Gasteiger partial charge < -0.3 is 0 Å². The zero-order valence-corrected chi connectivity index (χ0v) is 17.2. The van der Waals surface area contributed by atoms with Crippen LogP contribution >= 0.6 is 0 Å². The first-order valence-electron chi connectivity index (χ1n) is 10.5. The maximum atomic E-state index is 2.42. The van der Waals surface area contributed by atoms with Gasteiger partial charge in [0.15, 0.2) is 0 Å². The average molecular weight is 373 g/mol. The summed E-state index contributed by atoms with van der Waals surface area (Å²) in [5.41, 5.74) is 12.3. The van der Waals surface area contributed by atoms with Crippen LogP contribution in [0.1, 0.15) is 52.8 Å². The molecule has 0 heterocycles. The molecule has 0 unspecified atom stereocenters. The fourth-order valence-electron chi connectivity index (χ4n) is 5.97. The summed E-state index contributed by atoms with van der Waals surface area (Å²) in [5, 5.41) is 0. The molecule has 0 amide bonds. The van der Waals surface area contributed by atoms with E-state index in [2.05, 4.69) is 112 Å². The fraction of sp³-hybridized carbons (Fsp3) is 0.172. The van der Waals surface area contributed by atoms with Crippen LogP contribution in [-0.4, -0.2) is 0 Å². The molecule has 0 bridgehead atoms. The SMILES string of the molecule is Cc1ccc2c(c1)C1(c3ccccc3-2)c2ccccc2C(C)(C)c2ccccc21. The predicted molar refractivity (Wildman–Crippen MR) is 121 cm³/mol. The summed E-state index contributed by atoms with van der Waals surface area (Å²) in [6.45, 7) is 6.95. The van der Waals surface area contributed by atoms with Gasteiger partial charge in [0, 0.05) is 5.41 Å². The highest BCUT2D eigenvalue weighted by Gasteiger charge is 2.52. The number of hydrogen-bond donors (Lipinski definition) is 0. The van der Waals surface area contributed by atoms with E-state index >= 15 is 0 Å². The van der Waals surface area contributed by atoms with Crippen LogP contribution in [0.5, 0.6) is 0 Å². The number of fused-ring (bicyclic) bond motifs is 9. The normalized spacial score (nSPS) is 16.7. The minimum absolute atomic E-state index is 0.0278. The Balaban J connectivity index is 1.89. The van der Waals surface area contributed by atoms with Crippen molar-refractivity contribution >= 4 is 0 Å². The lowest BCUT2D eigenvalue weighted by Crippen LogP contribution is -2.40. The molecule has 29 heavy (non-hydrogen) atoms. The summed E-state index contributed by atoms with van der Waals surface area (Å²) < 4.78 is 0. The molecule has 0 nitrogen and oxygen atoms in total. The summed E-state index contributed by atoms with van der Waals surface area (Å²) in [6.07, 6.45) is 0. The van der Waals surface area contributed by atoms with E-state index in [0.717, 1.165) is 0 Å². The molecule has 0 saturated carbocycles. The van der Waals surface area contributed by atoms with Crippen molar-refractivity contribution in [3.63, 3.8) is 0 Å². The van der Waals surface area contributed by atoms with Crippen LogP contribution in [0.25, 0.3) is 11.1 Å². The molecule has 2 aliphatic carbocycles. The smallest absolute Gasteiger partial charge is 0.0619 e. The van der Waals surface area contributed by atoms with Crippen molar-refractivity contribution in [3.05, 3.63) is 130 Å². The third-order valence-electron chi connectivity index (χ3n) is 7.21. The second-order valence-electron chi connectivity index (χ2n) is 9.06. The van der Waals surface area contributed by atoms with E-state index in [-0.39, 0.29) is 10.8 Å². The van der Waals surface area contributed by atoms with Gasteiger partial charge in [-0.25, -0.2) is 0 Å². The van der Waals surface area contributed by atoms with Gasteiger partial charge in [-0.3, -0.25) is 0 Å². The minimum atomic E-state index is -0.249. The Labute approximate surface area is 172 Å². The first kappa shape index (κ1) is 16.8. The number of rotatable bonds is 0. The molecular weight excluding hydrogens is 348 g/mol. The molecule has 1 spiro atoms. The molecular formula is C29H24. The molecule has 2 aliphatic rings. The van der Waals surface area contributed by atoms with Crippen LogP contribution in [0, 0.1) is 6.92 Å². The van der Waals surface area contributed by atoms with Crippen molar-refractivity contribution in [3.8, 4) is 11.1 Å². The van der Waals surface area contributed by atoms with Gasteiger partial charge in [0.05, 0.1) is 5.41 Å². The van der Waals surface area contributed by atoms with E-state index in [1.54, 1.807) is 0 Å². The standard InChI is InChI=1S/C29H24/c1-19-16-17-21-20-10-4-5-11-22(20)29(27(21)18-19)25-14-8-6-12-23(25)28(2,3)24-13-7-9-15-26(24)29/h4-18H,1-3H3. The van der Waals surface area contributed by atoms with Gasteiger partial charge >= 0.3 is 0 Å². The molecule has 140 valence electrons. The van der Waals surface area contributed by atoms with E-state index in [4.69, 9.17) is 0 Å². The molecule has 0 fully saturated rings. The molecule has 0 aliphatic heterocycles. The van der Waals surface area contributed by atoms with E-state index in [1.807, 2.05) is 0 Å². The molecule has 0 radical (unpaired) electrons. The lowest BCUT2D eigenvalue weighted by molar-refractivity contribution is 0.563. The van der Waals surface area contributed by atoms with Crippen LogP contribution in [0.2, 0.25) is 0 Å². The molecule has 0 N–H and O–H groups in total. The predicted octanol–water partition coefficient (Wildman–Crippen LogP) is 7.00. The van der Waals surface area contributed by atoms with Crippen molar-refractivity contribution in [2.24, 2.45) is 0 Å². The maximum Gasteiger partial charge on any atom is 0.0719 e. The Morgan fingerprint density at radius 2 is 0.966 bits per heavy atom. The lowest BCUT2D eigenvalue weighted by atomic mass is 9.55. The van der Waals surface area contributed by atoms with Crippen LogP contribution in [0.15, 0.2) is 91.0 Å². The molecule has 4 aromatic carbocycles. The Bertz CT molecular complexity index is 1240. The van der Waals surface area contributed by atoms with E-state index < -0.39 is 0 Å². The van der Waals surface area contributed by atoms with Gasteiger partial charge in [-0.15, -0.1) is 0 Å². The van der Waals surface area contributed by atoms with Crippen molar-refractivity contribution in [1.82, 2.24) is 0 Å². The lowest BCUT2D eigenvalue weighted by Gasteiger charge is -2.46. The third kappa shape index (κ3) is 1.90. The van der Waals surface area contributed by atoms with Crippen molar-refractivity contribution in [2.75, 3.05) is 0 Å². The monoisotopic (exact) mass is 372 g/mol. The first-order chi connectivity index (χ1) is 14.1. The molecule has 4 aromatic rings. The van der Waals surface area contributed by atoms with Crippen LogP contribution < -0.4 is 0 Å². The van der Waals surface area contributed by atoms with Gasteiger partial charge in [0.2, 0.25) is 0 Å². The maximum absolute atomic E-state index is 2.42. The summed E-state index contributed by atoms with van der Waals surface area (Å²) >= 11 is 0. The summed E-state index contributed by atoms with van der Waals surface area (Å²) in [6, 6.07) is 34.2. The summed E-state index contributed by atoms with van der Waals surface area (Å²) in [4.78, 5) is 0. The quantitative estimate of drug-likeness (QED) is 0.274. The zero-order chi connectivity index (χ0) is 19.8. The van der Waals surface area contributed by atoms with E-state index in [0.29, 0.717) is 0 Å². The Morgan fingerprint density at radius 3 is 1.59 bits per heavy atom. The largest absolute Gasteiger partial charge is 0.0719 e. The van der Waals surface area contributed by atoms with Gasteiger partial charge in [-0.2, -0.15) is 0 Å². The molecule has 0 heteroatoms. The highest BCUT2D eigenvalue weighted by atomic mass is 14.5. The molecule has 0 aromatic heterocycles. The molecule has 0 atom stereocenters. The molecule has 0 saturated heterocycles. The zero-order valence-electron chi connectivity index (χ0n) is 17.2. The highest BCUT2D eigenvalue weighted by molar-refractivity contribution is 5.88. The highest BCUT2D eigenvalue weighted by Crippen LogP contribution is 2.61. The minimum Gasteiger partial charge on any atom is -0.0619 e. The third-order valence-corrected chi connectivity index (χ3v) is 7.21. The second kappa shape index (κ2) is 5.48. The Kier molecular flexibility index (Phi) is 3.17. The second-order valence-corrected chi connectivity index (χ2v) is 9.06. The number of hydrogen-bond acceptors (Lipinski definition) is 0. The van der Waals surface area contributed by atoms with Crippen LogP contribution in [0.4, 0.5) is 0 Å². The first-order valence-corrected chi connectivity index (χ1v) is 10.5. The number of benzene rings is 4. The fourth-order valence-corrected chi connectivity index (χ4v) is 5.97. The Morgan fingerprint density at radius 1 is 0.483 bits per heavy atom. The topological polar surface area (TPSA) is 0 Å². The number of aryl methyl sites for hydroxylation is 1. The van der Waals surface area contributed by atoms with Crippen molar-refractivity contribution in [2.45, 2.75) is 31.6 Å². The van der Waals surface area contributed by atoms with Gasteiger partial charge in [0.1, 0.15) is 0 Å². The van der Waals surface area contributed by atoms with Crippen LogP contribution in [0.3, 0.4) is 0 Å².